The molecule has 0 amide bonds. The Balaban J connectivity index is 3.17. The number of hydrogen-bond acceptors (Lipinski definition) is 4. The maximum Gasteiger partial charge on any atom is 0.110 e. The molecular weight excluding hydrogens is 176 g/mol. The summed E-state index contributed by atoms with van der Waals surface area (Å²) in [6.45, 7) is 0. The molecule has 0 heterocycles. The van der Waals surface area contributed by atoms with Crippen molar-refractivity contribution in [2.24, 2.45) is 5.73 Å². The minimum atomic E-state index is 0.470. The van der Waals surface area contributed by atoms with Gasteiger partial charge in [0, 0.05) is 32.4 Å². The molecule has 0 atom stereocenters. The van der Waals surface area contributed by atoms with Gasteiger partial charge in [0.15, 0.2) is 0 Å². The molecule has 0 saturated heterocycles. The minimum Gasteiger partial charge on any atom is -0.399 e. The Morgan fingerprint density at radius 3 is 2.57 bits per heavy atom. The fraction of sp³-hybridized carbons (Fsp3) is 0.300. The van der Waals surface area contributed by atoms with Gasteiger partial charge in [-0.1, -0.05) is 0 Å². The predicted molar refractivity (Wildman–Crippen MR) is 58.9 cm³/mol. The largest absolute Gasteiger partial charge is 0.399 e. The summed E-state index contributed by atoms with van der Waals surface area (Å²) >= 11 is 0. The van der Waals surface area contributed by atoms with Crippen LogP contribution in [-0.4, -0.2) is 31.8 Å². The summed E-state index contributed by atoms with van der Waals surface area (Å²) in [5.41, 5.74) is 7.64. The standard InChI is InChI=1S/C10H16N4/c1-13-10(14(2)3)8-6-7(11)4-5-9(8)12/h4-6,12-13H,11H2,1-3H3/b10-8+,12-9?. The van der Waals surface area contributed by atoms with Crippen molar-refractivity contribution >= 4 is 5.71 Å². The highest BCUT2D eigenvalue weighted by Gasteiger charge is 2.12. The van der Waals surface area contributed by atoms with Gasteiger partial charge >= 0.3 is 0 Å². The van der Waals surface area contributed by atoms with E-state index in [2.05, 4.69) is 5.32 Å². The Kier molecular flexibility index (Phi) is 2.96. The first kappa shape index (κ1) is 10.4. The number of hydrogen-bond donors (Lipinski definition) is 3. The van der Waals surface area contributed by atoms with E-state index in [1.54, 1.807) is 18.2 Å². The van der Waals surface area contributed by atoms with E-state index < -0.39 is 0 Å². The van der Waals surface area contributed by atoms with Crippen LogP contribution in [0.15, 0.2) is 35.3 Å². The molecule has 1 aliphatic rings. The fourth-order valence-electron chi connectivity index (χ4n) is 1.36. The number of nitrogens with two attached hydrogens (primary N) is 1. The van der Waals surface area contributed by atoms with Crippen LogP contribution < -0.4 is 11.1 Å². The van der Waals surface area contributed by atoms with Crippen molar-refractivity contribution in [3.05, 3.63) is 35.3 Å². The maximum atomic E-state index is 7.75. The molecule has 0 aromatic heterocycles. The monoisotopic (exact) mass is 192 g/mol. The van der Waals surface area contributed by atoms with E-state index in [0.717, 1.165) is 11.4 Å². The molecule has 1 rings (SSSR count). The lowest BCUT2D eigenvalue weighted by molar-refractivity contribution is 0.473. The molecule has 0 saturated carbocycles. The summed E-state index contributed by atoms with van der Waals surface area (Å²) in [7, 11) is 5.68. The van der Waals surface area contributed by atoms with Gasteiger partial charge in [-0.15, -0.1) is 0 Å². The summed E-state index contributed by atoms with van der Waals surface area (Å²) in [4.78, 5) is 1.92. The third-order valence-electron chi connectivity index (χ3n) is 1.98. The highest BCUT2D eigenvalue weighted by molar-refractivity contribution is 6.10. The lowest BCUT2D eigenvalue weighted by atomic mass is 10.0. The van der Waals surface area contributed by atoms with Crippen molar-refractivity contribution in [3.63, 3.8) is 0 Å². The van der Waals surface area contributed by atoms with E-state index in [4.69, 9.17) is 11.1 Å². The molecule has 0 aromatic carbocycles. The molecule has 4 nitrogen and oxygen atoms in total. The van der Waals surface area contributed by atoms with E-state index in [9.17, 15) is 0 Å². The van der Waals surface area contributed by atoms with Crippen LogP contribution in [-0.2, 0) is 0 Å². The second-order valence-corrected chi connectivity index (χ2v) is 3.30. The van der Waals surface area contributed by atoms with Crippen LogP contribution in [0.4, 0.5) is 0 Å². The number of rotatable bonds is 2. The number of nitrogens with one attached hydrogen (secondary N) is 2. The third kappa shape index (κ3) is 1.96. The second kappa shape index (κ2) is 4.00. The Hall–Kier alpha value is -1.71. The van der Waals surface area contributed by atoms with Crippen LogP contribution in [0.2, 0.25) is 0 Å². The SMILES string of the molecule is CN/C(=C1/C=C(N)C=CC1=N)N(C)C. The fourth-order valence-corrected chi connectivity index (χ4v) is 1.36. The van der Waals surface area contributed by atoms with Crippen molar-refractivity contribution in [1.29, 1.82) is 5.41 Å². The van der Waals surface area contributed by atoms with Crippen LogP contribution in [0.1, 0.15) is 0 Å². The molecule has 0 aliphatic heterocycles. The summed E-state index contributed by atoms with van der Waals surface area (Å²) in [6, 6.07) is 0. The first-order valence-corrected chi connectivity index (χ1v) is 4.39. The van der Waals surface area contributed by atoms with Crippen molar-refractivity contribution in [2.45, 2.75) is 0 Å². The molecule has 0 spiro atoms. The molecule has 1 aliphatic carbocycles. The first-order valence-electron chi connectivity index (χ1n) is 4.39. The van der Waals surface area contributed by atoms with Gasteiger partial charge in [0.25, 0.3) is 0 Å². The van der Waals surface area contributed by atoms with Crippen LogP contribution in [0.5, 0.6) is 0 Å². The minimum absolute atomic E-state index is 0.470. The smallest absolute Gasteiger partial charge is 0.110 e. The zero-order chi connectivity index (χ0) is 10.7. The Morgan fingerprint density at radius 1 is 1.43 bits per heavy atom. The molecule has 0 aromatic rings. The maximum absolute atomic E-state index is 7.75. The van der Waals surface area contributed by atoms with Crippen molar-refractivity contribution in [2.75, 3.05) is 21.1 Å². The molecule has 0 radical (unpaired) electrons. The zero-order valence-corrected chi connectivity index (χ0v) is 8.76. The molecule has 76 valence electrons. The van der Waals surface area contributed by atoms with E-state index in [1.165, 1.54) is 0 Å². The van der Waals surface area contributed by atoms with E-state index in [-0.39, 0.29) is 0 Å². The summed E-state index contributed by atoms with van der Waals surface area (Å²) in [5, 5.41) is 10.8. The lowest BCUT2D eigenvalue weighted by Crippen LogP contribution is -2.26. The highest BCUT2D eigenvalue weighted by atomic mass is 15.2. The summed E-state index contributed by atoms with van der Waals surface area (Å²) in [6.07, 6.45) is 5.23. The molecule has 4 heteroatoms. The molecule has 0 fully saturated rings. The van der Waals surface area contributed by atoms with Crippen molar-refractivity contribution < 1.29 is 0 Å². The number of nitrogens with zero attached hydrogens (tertiary/aromatic N) is 1. The van der Waals surface area contributed by atoms with Gasteiger partial charge in [0.2, 0.25) is 0 Å². The van der Waals surface area contributed by atoms with Crippen LogP contribution in [0.3, 0.4) is 0 Å². The average Bonchev–Trinajstić information content (AvgIpc) is 2.11. The molecule has 14 heavy (non-hydrogen) atoms. The van der Waals surface area contributed by atoms with E-state index >= 15 is 0 Å². The van der Waals surface area contributed by atoms with E-state index in [0.29, 0.717) is 11.4 Å². The molecule has 4 N–H and O–H groups in total. The zero-order valence-electron chi connectivity index (χ0n) is 8.76. The summed E-state index contributed by atoms with van der Waals surface area (Å²) in [5.74, 6) is 0.891. The second-order valence-electron chi connectivity index (χ2n) is 3.30. The average molecular weight is 192 g/mol. The van der Waals surface area contributed by atoms with Gasteiger partial charge in [-0.2, -0.15) is 0 Å². The normalized spacial score (nSPS) is 19.1. The summed E-state index contributed by atoms with van der Waals surface area (Å²) < 4.78 is 0. The van der Waals surface area contributed by atoms with Gasteiger partial charge in [0.05, 0.1) is 5.71 Å². The van der Waals surface area contributed by atoms with Crippen molar-refractivity contribution in [1.82, 2.24) is 10.2 Å². The Morgan fingerprint density at radius 2 is 2.07 bits per heavy atom. The van der Waals surface area contributed by atoms with Crippen molar-refractivity contribution in [3.8, 4) is 0 Å². The third-order valence-corrected chi connectivity index (χ3v) is 1.98. The molecule has 0 bridgehead atoms. The van der Waals surface area contributed by atoms with Gasteiger partial charge in [-0.25, -0.2) is 0 Å². The Bertz CT molecular complexity index is 334. The van der Waals surface area contributed by atoms with Gasteiger partial charge in [-0.3, -0.25) is 0 Å². The van der Waals surface area contributed by atoms with Crippen LogP contribution in [0, 0.1) is 5.41 Å². The highest BCUT2D eigenvalue weighted by Crippen LogP contribution is 2.14. The predicted octanol–water partition coefficient (Wildman–Crippen LogP) is 0.411. The van der Waals surface area contributed by atoms with Gasteiger partial charge in [0.1, 0.15) is 5.82 Å². The first-order chi connectivity index (χ1) is 6.56. The van der Waals surface area contributed by atoms with Gasteiger partial charge < -0.3 is 21.4 Å². The quantitative estimate of drug-likeness (QED) is 0.594. The Labute approximate surface area is 84.3 Å². The lowest BCUT2D eigenvalue weighted by Gasteiger charge is -2.21. The number of allylic oxidation sites excluding steroid dienone is 4. The molecular formula is C10H16N4. The van der Waals surface area contributed by atoms with Gasteiger partial charge in [-0.05, 0) is 18.2 Å². The van der Waals surface area contributed by atoms with Crippen LogP contribution >= 0.6 is 0 Å². The van der Waals surface area contributed by atoms with E-state index in [1.807, 2.05) is 26.0 Å². The topological polar surface area (TPSA) is 65.1 Å². The van der Waals surface area contributed by atoms with Crippen LogP contribution in [0.25, 0.3) is 0 Å². The molecule has 0 unspecified atom stereocenters.